The molecule has 0 spiro atoms. The zero-order valence-corrected chi connectivity index (χ0v) is 18.3. The fourth-order valence-electron chi connectivity index (χ4n) is 4.34. The maximum atomic E-state index is 5.55. The molecule has 10 nitrogen and oxygen atoms in total. The topological polar surface area (TPSA) is 95.3 Å². The number of hydrogen-bond donors (Lipinski definition) is 2. The number of nitrogens with one attached hydrogen (secondary N) is 2. The number of anilines is 3. The second-order valence-corrected chi connectivity index (χ2v) is 8.13. The van der Waals surface area contributed by atoms with Crippen LogP contribution >= 0.6 is 0 Å². The molecule has 0 aliphatic carbocycles. The molecule has 2 saturated heterocycles. The average molecular weight is 447 g/mol. The quantitative estimate of drug-likeness (QED) is 0.359. The Morgan fingerprint density at radius 2 is 1.73 bits per heavy atom. The maximum absolute atomic E-state index is 5.55. The first-order chi connectivity index (χ1) is 16.3. The number of H-pyrrole nitrogens is 1. The number of morpholine rings is 2. The van der Waals surface area contributed by atoms with E-state index in [1.807, 2.05) is 41.2 Å². The van der Waals surface area contributed by atoms with Crippen LogP contribution in [0.15, 0.2) is 47.7 Å². The van der Waals surface area contributed by atoms with Gasteiger partial charge in [-0.3, -0.25) is 5.43 Å². The standard InChI is InChI=1S/C23H26N8O2/c1-2-4-19-18(3-1)17(15-24-19)16-25-27-20-13-23(30-7-11-33-12-8-30)31-21(26-20)14-22(28-31)29-5-9-32-10-6-29/h1-4,13-16,24H,5-12H2,(H,26,27)/b25-16+. The van der Waals surface area contributed by atoms with Crippen LogP contribution in [0.4, 0.5) is 17.5 Å². The van der Waals surface area contributed by atoms with Crippen molar-refractivity contribution in [1.82, 2.24) is 19.6 Å². The van der Waals surface area contributed by atoms with E-state index >= 15 is 0 Å². The number of hydrogen-bond acceptors (Lipinski definition) is 8. The van der Waals surface area contributed by atoms with Gasteiger partial charge in [-0.05, 0) is 6.07 Å². The van der Waals surface area contributed by atoms with Crippen molar-refractivity contribution in [2.24, 2.45) is 5.10 Å². The van der Waals surface area contributed by atoms with Gasteiger partial charge >= 0.3 is 0 Å². The number of aromatic nitrogens is 4. The second kappa shape index (κ2) is 8.72. The van der Waals surface area contributed by atoms with E-state index < -0.39 is 0 Å². The van der Waals surface area contributed by atoms with Crippen LogP contribution in [0.5, 0.6) is 0 Å². The fourth-order valence-corrected chi connectivity index (χ4v) is 4.34. The Morgan fingerprint density at radius 3 is 2.55 bits per heavy atom. The van der Waals surface area contributed by atoms with Crippen LogP contribution < -0.4 is 15.2 Å². The van der Waals surface area contributed by atoms with Gasteiger partial charge in [-0.1, -0.05) is 18.2 Å². The van der Waals surface area contributed by atoms with Crippen molar-refractivity contribution < 1.29 is 9.47 Å². The molecule has 3 aromatic heterocycles. The molecule has 2 fully saturated rings. The predicted molar refractivity (Wildman–Crippen MR) is 129 cm³/mol. The summed E-state index contributed by atoms with van der Waals surface area (Å²) < 4.78 is 13.0. The summed E-state index contributed by atoms with van der Waals surface area (Å²) in [6.07, 6.45) is 3.77. The molecule has 0 saturated carbocycles. The largest absolute Gasteiger partial charge is 0.378 e. The number of benzene rings is 1. The smallest absolute Gasteiger partial charge is 0.162 e. The zero-order valence-electron chi connectivity index (χ0n) is 18.3. The number of nitrogens with zero attached hydrogens (tertiary/aromatic N) is 6. The highest BCUT2D eigenvalue weighted by Crippen LogP contribution is 2.25. The number of aromatic amines is 1. The van der Waals surface area contributed by atoms with E-state index in [1.165, 1.54) is 0 Å². The first-order valence-corrected chi connectivity index (χ1v) is 11.3. The Kier molecular flexibility index (Phi) is 5.29. The monoisotopic (exact) mass is 446 g/mol. The summed E-state index contributed by atoms with van der Waals surface area (Å²) in [4.78, 5) is 12.6. The maximum Gasteiger partial charge on any atom is 0.162 e. The summed E-state index contributed by atoms with van der Waals surface area (Å²) in [6.45, 7) is 6.10. The van der Waals surface area contributed by atoms with Crippen molar-refractivity contribution in [3.8, 4) is 0 Å². The van der Waals surface area contributed by atoms with Crippen molar-refractivity contribution in [2.45, 2.75) is 0 Å². The number of para-hydroxylation sites is 1. The lowest BCUT2D eigenvalue weighted by Gasteiger charge is -2.29. The van der Waals surface area contributed by atoms with Crippen molar-refractivity contribution in [1.29, 1.82) is 0 Å². The van der Waals surface area contributed by atoms with E-state index in [1.54, 1.807) is 0 Å². The normalized spacial score (nSPS) is 17.5. The predicted octanol–water partition coefficient (Wildman–Crippen LogP) is 2.33. The van der Waals surface area contributed by atoms with Crippen molar-refractivity contribution in [2.75, 3.05) is 67.8 Å². The number of fused-ring (bicyclic) bond motifs is 2. The molecule has 170 valence electrons. The number of ether oxygens (including phenoxy) is 2. The van der Waals surface area contributed by atoms with Crippen LogP contribution in [-0.2, 0) is 9.47 Å². The molecular formula is C23H26N8O2. The van der Waals surface area contributed by atoms with Gasteiger partial charge in [-0.2, -0.15) is 9.62 Å². The molecule has 0 radical (unpaired) electrons. The molecule has 0 unspecified atom stereocenters. The van der Waals surface area contributed by atoms with E-state index in [2.05, 4.69) is 37.4 Å². The molecule has 2 N–H and O–H groups in total. The molecule has 4 aromatic rings. The molecule has 0 atom stereocenters. The molecule has 10 heteroatoms. The second-order valence-electron chi connectivity index (χ2n) is 8.13. The van der Waals surface area contributed by atoms with Crippen LogP contribution in [0.25, 0.3) is 16.6 Å². The molecule has 1 aromatic carbocycles. The summed E-state index contributed by atoms with van der Waals surface area (Å²) in [5.41, 5.74) is 6.01. The van der Waals surface area contributed by atoms with Gasteiger partial charge in [0, 0.05) is 61.0 Å². The highest BCUT2D eigenvalue weighted by Gasteiger charge is 2.20. The Morgan fingerprint density at radius 1 is 0.970 bits per heavy atom. The summed E-state index contributed by atoms with van der Waals surface area (Å²) in [5, 5.41) is 10.5. The Bertz CT molecular complexity index is 1280. The molecule has 5 heterocycles. The fraction of sp³-hybridized carbons (Fsp3) is 0.348. The molecule has 2 aliphatic heterocycles. The first-order valence-electron chi connectivity index (χ1n) is 11.3. The third kappa shape index (κ3) is 3.98. The lowest BCUT2D eigenvalue weighted by Crippen LogP contribution is -2.38. The minimum Gasteiger partial charge on any atom is -0.378 e. The summed E-state index contributed by atoms with van der Waals surface area (Å²) in [6, 6.07) is 12.2. The highest BCUT2D eigenvalue weighted by molar-refractivity contribution is 5.99. The summed E-state index contributed by atoms with van der Waals surface area (Å²) in [5.74, 6) is 2.57. The van der Waals surface area contributed by atoms with E-state index in [-0.39, 0.29) is 0 Å². The minimum atomic E-state index is 0.675. The Hall–Kier alpha value is -3.63. The van der Waals surface area contributed by atoms with E-state index in [0.29, 0.717) is 32.2 Å². The minimum absolute atomic E-state index is 0.675. The molecule has 2 aliphatic rings. The van der Waals surface area contributed by atoms with Gasteiger partial charge in [-0.25, -0.2) is 4.98 Å². The summed E-state index contributed by atoms with van der Waals surface area (Å²) in [7, 11) is 0. The highest BCUT2D eigenvalue weighted by atomic mass is 16.5. The molecular weight excluding hydrogens is 420 g/mol. The van der Waals surface area contributed by atoms with E-state index in [4.69, 9.17) is 19.6 Å². The Labute approximate surface area is 190 Å². The van der Waals surface area contributed by atoms with Crippen molar-refractivity contribution in [3.63, 3.8) is 0 Å². The first kappa shape index (κ1) is 20.0. The van der Waals surface area contributed by atoms with Gasteiger partial charge in [0.05, 0.1) is 32.6 Å². The molecule has 33 heavy (non-hydrogen) atoms. The lowest BCUT2D eigenvalue weighted by atomic mass is 10.2. The van der Waals surface area contributed by atoms with Gasteiger partial charge in [0.1, 0.15) is 5.82 Å². The van der Waals surface area contributed by atoms with Crippen LogP contribution in [-0.4, -0.2) is 78.4 Å². The zero-order chi connectivity index (χ0) is 22.0. The van der Waals surface area contributed by atoms with Gasteiger partial charge in [0.25, 0.3) is 0 Å². The molecule has 6 rings (SSSR count). The SMILES string of the molecule is C(=N\Nc1cc(N2CCOCC2)n2nc(N3CCOCC3)cc2n1)/c1c[nH]c2ccccc12. The van der Waals surface area contributed by atoms with E-state index in [9.17, 15) is 0 Å². The third-order valence-electron chi connectivity index (χ3n) is 6.07. The third-order valence-corrected chi connectivity index (χ3v) is 6.07. The molecule has 0 amide bonds. The van der Waals surface area contributed by atoms with Crippen LogP contribution in [0.3, 0.4) is 0 Å². The van der Waals surface area contributed by atoms with Gasteiger partial charge < -0.3 is 24.3 Å². The van der Waals surface area contributed by atoms with Gasteiger partial charge in [0.15, 0.2) is 17.3 Å². The van der Waals surface area contributed by atoms with Gasteiger partial charge in [-0.15, -0.1) is 5.10 Å². The number of hydrazone groups is 1. The summed E-state index contributed by atoms with van der Waals surface area (Å²) >= 11 is 0. The van der Waals surface area contributed by atoms with E-state index in [0.717, 1.165) is 59.9 Å². The van der Waals surface area contributed by atoms with Crippen LogP contribution in [0.1, 0.15) is 5.56 Å². The van der Waals surface area contributed by atoms with Crippen LogP contribution in [0.2, 0.25) is 0 Å². The molecule has 0 bridgehead atoms. The average Bonchev–Trinajstić information content (AvgIpc) is 3.49. The van der Waals surface area contributed by atoms with Crippen molar-refractivity contribution >= 4 is 40.2 Å². The lowest BCUT2D eigenvalue weighted by molar-refractivity contribution is 0.122. The number of rotatable bonds is 5. The Balaban J connectivity index is 1.32. The van der Waals surface area contributed by atoms with Crippen molar-refractivity contribution in [3.05, 3.63) is 48.2 Å². The van der Waals surface area contributed by atoms with Gasteiger partial charge in [0.2, 0.25) is 0 Å². The van der Waals surface area contributed by atoms with Crippen LogP contribution in [0, 0.1) is 0 Å².